The lowest BCUT2D eigenvalue weighted by Gasteiger charge is -2.28. The van der Waals surface area contributed by atoms with Crippen LogP contribution in [0.5, 0.6) is 5.75 Å². The molecule has 11 heteroatoms. The summed E-state index contributed by atoms with van der Waals surface area (Å²) < 4.78 is 58.0. The molecule has 0 saturated heterocycles. The highest BCUT2D eigenvalue weighted by molar-refractivity contribution is 7.92. The lowest BCUT2D eigenvalue weighted by molar-refractivity contribution is -0.141. The van der Waals surface area contributed by atoms with Crippen molar-refractivity contribution in [3.8, 4) is 5.75 Å². The van der Waals surface area contributed by atoms with Crippen LogP contribution in [0.25, 0.3) is 0 Å². The SMILES string of the molecule is COc1ccc(S(=O)(=O)N2Cc3ccccc3N(S(C)(=O)=O)CC2C(=O)O)cc1. The van der Waals surface area contributed by atoms with Crippen LogP contribution in [0.1, 0.15) is 5.56 Å². The van der Waals surface area contributed by atoms with Gasteiger partial charge in [0.1, 0.15) is 11.8 Å². The number of carboxylic acids is 1. The fraction of sp³-hybridized carbons (Fsp3) is 0.278. The predicted molar refractivity (Wildman–Crippen MR) is 106 cm³/mol. The van der Waals surface area contributed by atoms with Crippen molar-refractivity contribution in [1.29, 1.82) is 0 Å². The highest BCUT2D eigenvalue weighted by atomic mass is 32.2. The predicted octanol–water partition coefficient (Wildman–Crippen LogP) is 1.12. The van der Waals surface area contributed by atoms with E-state index in [9.17, 15) is 26.7 Å². The second-order valence-corrected chi connectivity index (χ2v) is 10.3. The summed E-state index contributed by atoms with van der Waals surface area (Å²) in [4.78, 5) is 11.9. The first-order valence-electron chi connectivity index (χ1n) is 8.50. The molecule has 0 amide bonds. The van der Waals surface area contributed by atoms with Crippen LogP contribution in [-0.4, -0.2) is 58.2 Å². The molecule has 0 fully saturated rings. The van der Waals surface area contributed by atoms with Gasteiger partial charge in [0.05, 0.1) is 30.5 Å². The molecule has 0 aromatic heterocycles. The number of anilines is 1. The Labute approximate surface area is 169 Å². The van der Waals surface area contributed by atoms with Gasteiger partial charge >= 0.3 is 5.97 Å². The molecule has 0 spiro atoms. The summed E-state index contributed by atoms with van der Waals surface area (Å²) in [7, 11) is -6.64. The number of ether oxygens (including phenoxy) is 1. The summed E-state index contributed by atoms with van der Waals surface area (Å²) in [5.74, 6) is -0.994. The first kappa shape index (κ1) is 21.1. The van der Waals surface area contributed by atoms with Crippen molar-refractivity contribution < 1.29 is 31.5 Å². The number of benzene rings is 2. The van der Waals surface area contributed by atoms with E-state index in [2.05, 4.69) is 0 Å². The third kappa shape index (κ3) is 4.07. The van der Waals surface area contributed by atoms with Crippen LogP contribution in [0, 0.1) is 0 Å². The van der Waals surface area contributed by atoms with E-state index in [4.69, 9.17) is 4.74 Å². The minimum atomic E-state index is -4.24. The van der Waals surface area contributed by atoms with E-state index < -0.39 is 38.6 Å². The van der Waals surface area contributed by atoms with Gasteiger partial charge in [-0.05, 0) is 35.9 Å². The number of carbonyl (C=O) groups is 1. The van der Waals surface area contributed by atoms with E-state index in [-0.39, 0.29) is 17.1 Å². The summed E-state index contributed by atoms with van der Waals surface area (Å²) in [5.41, 5.74) is 0.646. The molecular formula is C18H20N2O7S2. The Kier molecular flexibility index (Phi) is 5.57. The topological polar surface area (TPSA) is 121 Å². The number of rotatable bonds is 5. The lowest BCUT2D eigenvalue weighted by atomic mass is 10.2. The van der Waals surface area contributed by atoms with Gasteiger partial charge in [0.15, 0.2) is 0 Å². The molecule has 1 unspecified atom stereocenters. The number of methoxy groups -OCH3 is 1. The average Bonchev–Trinajstić information content (AvgIpc) is 2.85. The second kappa shape index (κ2) is 7.65. The molecule has 2 aromatic rings. The molecule has 1 aliphatic rings. The standard InChI is InChI=1S/C18H20N2O7S2/c1-27-14-7-9-15(10-8-14)29(25,26)20-11-13-5-3-4-6-16(13)19(28(2,23)24)12-17(20)18(21)22/h3-10,17H,11-12H2,1-2H3,(H,21,22). The zero-order valence-corrected chi connectivity index (χ0v) is 17.4. The summed E-state index contributed by atoms with van der Waals surface area (Å²) in [6.45, 7) is -0.825. The fourth-order valence-corrected chi connectivity index (χ4v) is 5.66. The van der Waals surface area contributed by atoms with Gasteiger partial charge in [-0.15, -0.1) is 0 Å². The molecule has 29 heavy (non-hydrogen) atoms. The average molecular weight is 440 g/mol. The molecular weight excluding hydrogens is 420 g/mol. The van der Waals surface area contributed by atoms with Gasteiger partial charge in [-0.3, -0.25) is 9.10 Å². The Morgan fingerprint density at radius 2 is 1.69 bits per heavy atom. The minimum Gasteiger partial charge on any atom is -0.497 e. The van der Waals surface area contributed by atoms with Crippen molar-refractivity contribution in [2.75, 3.05) is 24.2 Å². The van der Waals surface area contributed by atoms with Crippen molar-refractivity contribution in [2.45, 2.75) is 17.5 Å². The molecule has 1 N–H and O–H groups in total. The van der Waals surface area contributed by atoms with Gasteiger partial charge < -0.3 is 9.84 Å². The quantitative estimate of drug-likeness (QED) is 0.739. The van der Waals surface area contributed by atoms with Crippen LogP contribution in [0.4, 0.5) is 5.69 Å². The molecule has 9 nitrogen and oxygen atoms in total. The van der Waals surface area contributed by atoms with E-state index in [1.807, 2.05) is 0 Å². The van der Waals surface area contributed by atoms with E-state index in [0.717, 1.165) is 14.9 Å². The van der Waals surface area contributed by atoms with Gasteiger partial charge in [-0.1, -0.05) is 18.2 Å². The summed E-state index contributed by atoms with van der Waals surface area (Å²) >= 11 is 0. The number of aliphatic carboxylic acids is 1. The number of para-hydroxylation sites is 1. The van der Waals surface area contributed by atoms with E-state index in [1.54, 1.807) is 18.2 Å². The molecule has 3 rings (SSSR count). The largest absolute Gasteiger partial charge is 0.497 e. The Bertz CT molecular complexity index is 1130. The third-order valence-electron chi connectivity index (χ3n) is 4.62. The number of nitrogens with zero attached hydrogens (tertiary/aromatic N) is 2. The van der Waals surface area contributed by atoms with Crippen molar-refractivity contribution in [1.82, 2.24) is 4.31 Å². The molecule has 1 atom stereocenters. The van der Waals surface area contributed by atoms with E-state index >= 15 is 0 Å². The number of fused-ring (bicyclic) bond motifs is 1. The van der Waals surface area contributed by atoms with Crippen molar-refractivity contribution in [2.24, 2.45) is 0 Å². The molecule has 1 heterocycles. The van der Waals surface area contributed by atoms with Gasteiger partial charge in [-0.25, -0.2) is 16.8 Å². The van der Waals surface area contributed by atoms with Crippen LogP contribution in [0.3, 0.4) is 0 Å². The Morgan fingerprint density at radius 3 is 2.24 bits per heavy atom. The van der Waals surface area contributed by atoms with Gasteiger partial charge in [-0.2, -0.15) is 4.31 Å². The minimum absolute atomic E-state index is 0.116. The van der Waals surface area contributed by atoms with E-state index in [0.29, 0.717) is 11.3 Å². The first-order chi connectivity index (χ1) is 13.6. The lowest BCUT2D eigenvalue weighted by Crippen LogP contribution is -2.50. The molecule has 156 valence electrons. The number of hydrogen-bond acceptors (Lipinski definition) is 6. The van der Waals surface area contributed by atoms with Gasteiger partial charge in [0, 0.05) is 6.54 Å². The maximum absolute atomic E-state index is 13.3. The van der Waals surface area contributed by atoms with Crippen LogP contribution >= 0.6 is 0 Å². The van der Waals surface area contributed by atoms with Gasteiger partial charge in [0.2, 0.25) is 20.0 Å². The Hall–Kier alpha value is -2.63. The van der Waals surface area contributed by atoms with Crippen LogP contribution in [0.15, 0.2) is 53.4 Å². The molecule has 0 radical (unpaired) electrons. The summed E-state index contributed by atoms with van der Waals surface area (Å²) in [5, 5.41) is 9.74. The highest BCUT2D eigenvalue weighted by Gasteiger charge is 2.42. The molecule has 0 saturated carbocycles. The van der Waals surface area contributed by atoms with Crippen molar-refractivity contribution >= 4 is 31.7 Å². The van der Waals surface area contributed by atoms with Crippen LogP contribution in [0.2, 0.25) is 0 Å². The molecule has 0 bridgehead atoms. The van der Waals surface area contributed by atoms with Crippen LogP contribution < -0.4 is 9.04 Å². The summed E-state index contributed by atoms with van der Waals surface area (Å²) in [6.07, 6.45) is 0.955. The number of hydrogen-bond donors (Lipinski definition) is 1. The monoisotopic (exact) mass is 440 g/mol. The molecule has 0 aliphatic carbocycles. The van der Waals surface area contributed by atoms with E-state index in [1.165, 1.54) is 37.4 Å². The smallest absolute Gasteiger partial charge is 0.323 e. The Balaban J connectivity index is 2.15. The maximum Gasteiger partial charge on any atom is 0.323 e. The Morgan fingerprint density at radius 1 is 1.07 bits per heavy atom. The number of sulfonamides is 2. The molecule has 2 aromatic carbocycles. The first-order valence-corrected chi connectivity index (χ1v) is 11.8. The van der Waals surface area contributed by atoms with Crippen molar-refractivity contribution in [3.05, 3.63) is 54.1 Å². The zero-order chi connectivity index (χ0) is 21.4. The normalized spacial score (nSPS) is 18.0. The molecule has 1 aliphatic heterocycles. The second-order valence-electron chi connectivity index (χ2n) is 6.50. The highest BCUT2D eigenvalue weighted by Crippen LogP contribution is 2.32. The van der Waals surface area contributed by atoms with Gasteiger partial charge in [0.25, 0.3) is 0 Å². The number of carboxylic acid groups (broad SMARTS) is 1. The zero-order valence-electron chi connectivity index (χ0n) is 15.7. The maximum atomic E-state index is 13.3. The van der Waals surface area contributed by atoms with Crippen molar-refractivity contribution in [3.63, 3.8) is 0 Å². The fourth-order valence-electron chi connectivity index (χ4n) is 3.16. The van der Waals surface area contributed by atoms with Crippen LogP contribution in [-0.2, 0) is 31.4 Å². The summed E-state index contributed by atoms with van der Waals surface area (Å²) in [6, 6.07) is 10.3. The third-order valence-corrected chi connectivity index (χ3v) is 7.64.